The summed E-state index contributed by atoms with van der Waals surface area (Å²) in [6.45, 7) is -0.599. The molecule has 0 spiro atoms. The van der Waals surface area contributed by atoms with Crippen molar-refractivity contribution >= 4 is 0 Å². The van der Waals surface area contributed by atoms with E-state index in [1.807, 2.05) is 0 Å². The van der Waals surface area contributed by atoms with E-state index >= 15 is 0 Å². The molecule has 0 radical (unpaired) electrons. The molecule has 0 bridgehead atoms. The molecule has 0 heterocycles. The third-order valence-electron chi connectivity index (χ3n) is 2.09. The lowest BCUT2D eigenvalue weighted by molar-refractivity contribution is 0.0502. The van der Waals surface area contributed by atoms with E-state index in [9.17, 15) is 5.11 Å². The number of aliphatic hydroxyl groups is 5. The monoisotopic (exact) mass is 208 g/mol. The summed E-state index contributed by atoms with van der Waals surface area (Å²) in [4.78, 5) is 0. The zero-order valence-electron chi connectivity index (χ0n) is 8.21. The Morgan fingerprint density at radius 2 is 0.857 bits per heavy atom. The van der Waals surface area contributed by atoms with Crippen LogP contribution in [0, 0.1) is 0 Å². The van der Waals surface area contributed by atoms with E-state index in [2.05, 4.69) is 0 Å². The summed E-state index contributed by atoms with van der Waals surface area (Å²) in [7, 11) is 0. The van der Waals surface area contributed by atoms with Crippen LogP contribution in [0.5, 0.6) is 0 Å². The summed E-state index contributed by atoms with van der Waals surface area (Å²) in [6.07, 6.45) is -0.711. The summed E-state index contributed by atoms with van der Waals surface area (Å²) in [5.74, 6) is 0. The Hall–Kier alpha value is -0.200. The first-order valence-electron chi connectivity index (χ1n) is 4.86. The Morgan fingerprint density at radius 1 is 0.571 bits per heavy atom. The number of rotatable bonds is 8. The van der Waals surface area contributed by atoms with Crippen LogP contribution in [0.1, 0.15) is 25.7 Å². The van der Waals surface area contributed by atoms with E-state index in [0.29, 0.717) is 25.7 Å². The first-order chi connectivity index (χ1) is 6.60. The van der Waals surface area contributed by atoms with Gasteiger partial charge in [-0.1, -0.05) is 0 Å². The van der Waals surface area contributed by atoms with Crippen molar-refractivity contribution in [3.8, 4) is 0 Å². The molecule has 5 N–H and O–H groups in total. The molecule has 14 heavy (non-hydrogen) atoms. The van der Waals surface area contributed by atoms with Crippen LogP contribution in [0.25, 0.3) is 0 Å². The molecule has 86 valence electrons. The summed E-state index contributed by atoms with van der Waals surface area (Å²) in [5.41, 5.74) is 0. The first-order valence-corrected chi connectivity index (χ1v) is 4.86. The molecule has 0 aromatic rings. The van der Waals surface area contributed by atoms with Gasteiger partial charge in [0.25, 0.3) is 0 Å². The van der Waals surface area contributed by atoms with Crippen molar-refractivity contribution in [2.24, 2.45) is 0 Å². The predicted molar refractivity (Wildman–Crippen MR) is 50.7 cm³/mol. The molecule has 0 aromatic heterocycles. The van der Waals surface area contributed by atoms with Crippen molar-refractivity contribution < 1.29 is 25.5 Å². The molecule has 0 aliphatic heterocycles. The van der Waals surface area contributed by atoms with Crippen molar-refractivity contribution in [1.29, 1.82) is 0 Å². The minimum atomic E-state index is -0.785. The summed E-state index contributed by atoms with van der Waals surface area (Å²) in [6, 6.07) is 0. The van der Waals surface area contributed by atoms with Crippen LogP contribution in [0.4, 0.5) is 0 Å². The van der Waals surface area contributed by atoms with Gasteiger partial charge in [0.2, 0.25) is 0 Å². The maximum Gasteiger partial charge on any atom is 0.0771 e. The van der Waals surface area contributed by atoms with Crippen molar-refractivity contribution in [1.82, 2.24) is 0 Å². The molecule has 0 amide bonds. The van der Waals surface area contributed by atoms with Gasteiger partial charge in [-0.05, 0) is 25.7 Å². The van der Waals surface area contributed by atoms with Gasteiger partial charge in [-0.15, -0.1) is 0 Å². The van der Waals surface area contributed by atoms with Crippen LogP contribution < -0.4 is 0 Å². The molecule has 2 atom stereocenters. The van der Waals surface area contributed by atoms with E-state index in [0.717, 1.165) is 0 Å². The van der Waals surface area contributed by atoms with Gasteiger partial charge in [0, 0.05) is 0 Å². The fraction of sp³-hybridized carbons (Fsp3) is 1.00. The average Bonchev–Trinajstić information content (AvgIpc) is 2.22. The second kappa shape index (κ2) is 8.14. The van der Waals surface area contributed by atoms with Gasteiger partial charge in [0.15, 0.2) is 0 Å². The van der Waals surface area contributed by atoms with Crippen molar-refractivity contribution in [2.45, 2.75) is 44.0 Å². The second-order valence-corrected chi connectivity index (χ2v) is 3.48. The van der Waals surface area contributed by atoms with Crippen molar-refractivity contribution in [3.63, 3.8) is 0 Å². The Morgan fingerprint density at radius 3 is 1.14 bits per heavy atom. The van der Waals surface area contributed by atoms with E-state index < -0.39 is 18.3 Å². The van der Waals surface area contributed by atoms with Crippen LogP contribution >= 0.6 is 0 Å². The third kappa shape index (κ3) is 7.23. The second-order valence-electron chi connectivity index (χ2n) is 3.48. The molecule has 2 unspecified atom stereocenters. The predicted octanol–water partition coefficient (Wildman–Crippen LogP) is -1.39. The quantitative estimate of drug-likeness (QED) is 0.338. The fourth-order valence-corrected chi connectivity index (χ4v) is 1.10. The molecule has 0 rings (SSSR count). The highest BCUT2D eigenvalue weighted by atomic mass is 16.3. The number of hydrogen-bond donors (Lipinski definition) is 5. The first kappa shape index (κ1) is 13.8. The molecule has 0 aromatic carbocycles. The number of hydrogen-bond acceptors (Lipinski definition) is 5. The minimum Gasteiger partial charge on any atom is -0.394 e. The smallest absolute Gasteiger partial charge is 0.0771 e. The van der Waals surface area contributed by atoms with E-state index in [1.165, 1.54) is 0 Å². The van der Waals surface area contributed by atoms with Gasteiger partial charge < -0.3 is 25.5 Å². The molecular weight excluding hydrogens is 188 g/mol. The molecular formula is C9H20O5. The van der Waals surface area contributed by atoms with Gasteiger partial charge in [-0.3, -0.25) is 0 Å². The summed E-state index contributed by atoms with van der Waals surface area (Å²) in [5, 5.41) is 44.3. The zero-order valence-corrected chi connectivity index (χ0v) is 8.21. The molecule has 5 nitrogen and oxygen atoms in total. The Bertz CT molecular complexity index is 116. The Labute approximate surface area is 83.6 Å². The topological polar surface area (TPSA) is 101 Å². The Balaban J connectivity index is 3.40. The molecule has 0 aliphatic rings. The highest BCUT2D eigenvalue weighted by Crippen LogP contribution is 2.08. The van der Waals surface area contributed by atoms with Crippen LogP contribution in [0.3, 0.4) is 0 Å². The van der Waals surface area contributed by atoms with Gasteiger partial charge in [0.1, 0.15) is 0 Å². The minimum absolute atomic E-state index is 0.300. The zero-order chi connectivity index (χ0) is 11.0. The lowest BCUT2D eigenvalue weighted by Crippen LogP contribution is -2.19. The lowest BCUT2D eigenvalue weighted by atomic mass is 10.0. The highest BCUT2D eigenvalue weighted by Gasteiger charge is 2.10. The highest BCUT2D eigenvalue weighted by molar-refractivity contribution is 4.63. The summed E-state index contributed by atoms with van der Waals surface area (Å²) >= 11 is 0. The maximum atomic E-state index is 9.35. The van der Waals surface area contributed by atoms with Crippen LogP contribution in [-0.4, -0.2) is 57.1 Å². The Kier molecular flexibility index (Phi) is 8.02. The van der Waals surface area contributed by atoms with Crippen LogP contribution in [-0.2, 0) is 0 Å². The van der Waals surface area contributed by atoms with Crippen molar-refractivity contribution in [3.05, 3.63) is 0 Å². The van der Waals surface area contributed by atoms with Crippen molar-refractivity contribution in [2.75, 3.05) is 13.2 Å². The summed E-state index contributed by atoms with van der Waals surface area (Å²) < 4.78 is 0. The van der Waals surface area contributed by atoms with Gasteiger partial charge in [0.05, 0.1) is 31.5 Å². The number of aliphatic hydroxyl groups excluding tert-OH is 5. The van der Waals surface area contributed by atoms with E-state index in [4.69, 9.17) is 20.4 Å². The van der Waals surface area contributed by atoms with E-state index in [1.54, 1.807) is 0 Å². The van der Waals surface area contributed by atoms with Crippen LogP contribution in [0.2, 0.25) is 0 Å². The molecule has 0 aliphatic carbocycles. The van der Waals surface area contributed by atoms with Crippen LogP contribution in [0.15, 0.2) is 0 Å². The fourth-order valence-electron chi connectivity index (χ4n) is 1.10. The van der Waals surface area contributed by atoms with E-state index in [-0.39, 0.29) is 13.2 Å². The molecule has 0 saturated carbocycles. The van der Waals surface area contributed by atoms with Gasteiger partial charge >= 0.3 is 0 Å². The van der Waals surface area contributed by atoms with Gasteiger partial charge in [-0.2, -0.15) is 0 Å². The normalized spacial score (nSPS) is 17.8. The third-order valence-corrected chi connectivity index (χ3v) is 2.09. The van der Waals surface area contributed by atoms with Gasteiger partial charge in [-0.25, -0.2) is 0 Å². The SMILES string of the molecule is OCC(O)CCC(O)CCC(O)CO. The standard InChI is InChI=1S/C9H20O5/c10-5-8(13)3-1-7(12)2-4-9(14)6-11/h7-14H,1-6H2. The average molecular weight is 208 g/mol. The maximum absolute atomic E-state index is 9.35. The lowest BCUT2D eigenvalue weighted by Gasteiger charge is -2.14. The molecule has 0 saturated heterocycles. The molecule has 0 fully saturated rings. The molecule has 5 heteroatoms. The largest absolute Gasteiger partial charge is 0.394 e.